The number of hydrogen-bond acceptors (Lipinski definition) is 5. The van der Waals surface area contributed by atoms with E-state index in [1.54, 1.807) is 13.0 Å². The quantitative estimate of drug-likeness (QED) is 0.751. The fourth-order valence-corrected chi connectivity index (χ4v) is 2.33. The van der Waals surface area contributed by atoms with Crippen LogP contribution >= 0.6 is 0 Å². The van der Waals surface area contributed by atoms with Crippen LogP contribution in [0.1, 0.15) is 41.3 Å². The van der Waals surface area contributed by atoms with Crippen molar-refractivity contribution in [1.82, 2.24) is 25.2 Å². The van der Waals surface area contributed by atoms with Crippen molar-refractivity contribution in [2.45, 2.75) is 19.4 Å². The average molecular weight is 365 g/mol. The number of carbonyl (C=O) groups is 1. The minimum atomic E-state index is -2.88. The number of halogens is 3. The molecule has 2 aromatic heterocycles. The molecular weight excluding hydrogens is 351 g/mol. The minimum Gasteiger partial charge on any atom is -0.340 e. The number of aryl methyl sites for hydroxylation is 1. The van der Waals surface area contributed by atoms with Crippen LogP contribution in [0.15, 0.2) is 35.0 Å². The maximum Gasteiger partial charge on any atom is 0.282 e. The number of nitrogens with zero attached hydrogens (tertiary/aromatic N) is 4. The first kappa shape index (κ1) is 17.6. The summed E-state index contributed by atoms with van der Waals surface area (Å²) in [6.45, 7) is 1.55. The van der Waals surface area contributed by atoms with Crippen molar-refractivity contribution in [2.24, 2.45) is 7.05 Å². The Morgan fingerprint density at radius 2 is 2.12 bits per heavy atom. The third-order valence-electron chi connectivity index (χ3n) is 3.55. The predicted molar refractivity (Wildman–Crippen MR) is 83.7 cm³/mol. The molecule has 0 aliphatic heterocycles. The van der Waals surface area contributed by atoms with Gasteiger partial charge in [-0.25, -0.2) is 13.2 Å². The normalized spacial score (nSPS) is 12.4. The number of nitrogens with one attached hydrogen (secondary N) is 1. The smallest absolute Gasteiger partial charge is 0.282 e. The standard InChI is InChI=1S/C16H14F3N5O2/c1-8(20-15(25)11-7-24(2)22-12(11)13(18)19)16-21-14(23-26-16)9-4-3-5-10(17)6-9/h3-8,13H,1-2H3,(H,20,25)/t8-/m1/s1. The van der Waals surface area contributed by atoms with Gasteiger partial charge in [-0.15, -0.1) is 0 Å². The third-order valence-corrected chi connectivity index (χ3v) is 3.55. The highest BCUT2D eigenvalue weighted by atomic mass is 19.3. The summed E-state index contributed by atoms with van der Waals surface area (Å²) in [4.78, 5) is 16.4. The lowest BCUT2D eigenvalue weighted by molar-refractivity contribution is 0.0918. The molecule has 26 heavy (non-hydrogen) atoms. The lowest BCUT2D eigenvalue weighted by Gasteiger charge is -2.09. The Bertz CT molecular complexity index is 938. The van der Waals surface area contributed by atoms with E-state index in [1.165, 1.54) is 31.4 Å². The molecule has 3 aromatic rings. The minimum absolute atomic E-state index is 0.0556. The number of alkyl halides is 2. The van der Waals surface area contributed by atoms with Gasteiger partial charge < -0.3 is 9.84 Å². The zero-order chi connectivity index (χ0) is 18.8. The number of aromatic nitrogens is 4. The Morgan fingerprint density at radius 3 is 2.81 bits per heavy atom. The molecule has 0 unspecified atom stereocenters. The van der Waals surface area contributed by atoms with E-state index in [-0.39, 0.29) is 17.3 Å². The van der Waals surface area contributed by atoms with Crippen molar-refractivity contribution >= 4 is 5.91 Å². The van der Waals surface area contributed by atoms with Crippen LogP contribution in [0.4, 0.5) is 13.2 Å². The van der Waals surface area contributed by atoms with Gasteiger partial charge in [0.25, 0.3) is 12.3 Å². The molecule has 0 radical (unpaired) electrons. The molecule has 0 saturated heterocycles. The van der Waals surface area contributed by atoms with Gasteiger partial charge in [0.15, 0.2) is 0 Å². The van der Waals surface area contributed by atoms with Crippen molar-refractivity contribution in [3.8, 4) is 11.4 Å². The summed E-state index contributed by atoms with van der Waals surface area (Å²) in [5, 5.41) is 9.82. The lowest BCUT2D eigenvalue weighted by Crippen LogP contribution is -2.27. The summed E-state index contributed by atoms with van der Waals surface area (Å²) in [6.07, 6.45) is -1.68. The van der Waals surface area contributed by atoms with E-state index in [4.69, 9.17) is 4.52 Å². The molecule has 0 spiro atoms. The number of rotatable bonds is 5. The molecule has 10 heteroatoms. The highest BCUT2D eigenvalue weighted by Gasteiger charge is 2.25. The van der Waals surface area contributed by atoms with Crippen LogP contribution in [-0.2, 0) is 7.05 Å². The van der Waals surface area contributed by atoms with Crippen LogP contribution in [0.3, 0.4) is 0 Å². The maximum atomic E-state index is 13.3. The highest BCUT2D eigenvalue weighted by molar-refractivity contribution is 5.95. The monoisotopic (exact) mass is 365 g/mol. The fourth-order valence-electron chi connectivity index (χ4n) is 2.33. The molecule has 2 heterocycles. The van der Waals surface area contributed by atoms with Crippen LogP contribution in [-0.4, -0.2) is 25.8 Å². The summed E-state index contributed by atoms with van der Waals surface area (Å²) in [5.41, 5.74) is -0.437. The van der Waals surface area contributed by atoms with Crippen LogP contribution in [0.25, 0.3) is 11.4 Å². The molecule has 0 aliphatic rings. The van der Waals surface area contributed by atoms with Gasteiger partial charge in [-0.05, 0) is 19.1 Å². The van der Waals surface area contributed by atoms with Crippen molar-refractivity contribution in [1.29, 1.82) is 0 Å². The van der Waals surface area contributed by atoms with E-state index >= 15 is 0 Å². The average Bonchev–Trinajstić information content (AvgIpc) is 3.21. The van der Waals surface area contributed by atoms with Crippen molar-refractivity contribution in [2.75, 3.05) is 0 Å². The predicted octanol–water partition coefficient (Wildman–Crippen LogP) is 3.04. The SMILES string of the molecule is C[C@@H](NC(=O)c1cn(C)nc1C(F)F)c1nc(-c2cccc(F)c2)no1. The Kier molecular flexibility index (Phi) is 4.74. The second kappa shape index (κ2) is 6.98. The van der Waals surface area contributed by atoms with Crippen molar-refractivity contribution in [3.63, 3.8) is 0 Å². The van der Waals surface area contributed by atoms with Crippen LogP contribution in [0.5, 0.6) is 0 Å². The second-order valence-electron chi connectivity index (χ2n) is 5.56. The number of hydrogen-bond donors (Lipinski definition) is 1. The van der Waals surface area contributed by atoms with E-state index in [1.807, 2.05) is 0 Å². The van der Waals surface area contributed by atoms with Gasteiger partial charge in [-0.2, -0.15) is 10.1 Å². The van der Waals surface area contributed by atoms with Crippen molar-refractivity contribution in [3.05, 3.63) is 53.4 Å². The first-order chi connectivity index (χ1) is 12.3. The summed E-state index contributed by atoms with van der Waals surface area (Å²) in [7, 11) is 1.44. The largest absolute Gasteiger partial charge is 0.340 e. The molecule has 1 atom stereocenters. The Labute approximate surface area is 145 Å². The van der Waals surface area contributed by atoms with Gasteiger partial charge in [0.2, 0.25) is 11.7 Å². The van der Waals surface area contributed by atoms with E-state index in [0.717, 1.165) is 4.68 Å². The van der Waals surface area contributed by atoms with Crippen molar-refractivity contribution < 1.29 is 22.5 Å². The van der Waals surface area contributed by atoms with Crippen LogP contribution < -0.4 is 5.32 Å². The Hall–Kier alpha value is -3.17. The molecule has 0 saturated carbocycles. The van der Waals surface area contributed by atoms with Gasteiger partial charge >= 0.3 is 0 Å². The zero-order valence-electron chi connectivity index (χ0n) is 13.8. The fraction of sp³-hybridized carbons (Fsp3) is 0.250. The second-order valence-corrected chi connectivity index (χ2v) is 5.56. The van der Waals surface area contributed by atoms with Gasteiger partial charge in [-0.1, -0.05) is 17.3 Å². The molecule has 0 aliphatic carbocycles. The zero-order valence-corrected chi connectivity index (χ0v) is 13.8. The summed E-state index contributed by atoms with van der Waals surface area (Å²) < 4.78 is 45.4. The summed E-state index contributed by atoms with van der Waals surface area (Å²) >= 11 is 0. The summed E-state index contributed by atoms with van der Waals surface area (Å²) in [6, 6.07) is 4.87. The molecule has 7 nitrogen and oxygen atoms in total. The number of amides is 1. The first-order valence-corrected chi connectivity index (χ1v) is 7.57. The van der Waals surface area contributed by atoms with E-state index < -0.39 is 29.9 Å². The van der Waals surface area contributed by atoms with E-state index in [9.17, 15) is 18.0 Å². The summed E-state index contributed by atoms with van der Waals surface area (Å²) in [5.74, 6) is -0.993. The Morgan fingerprint density at radius 1 is 1.35 bits per heavy atom. The topological polar surface area (TPSA) is 85.8 Å². The third kappa shape index (κ3) is 3.58. The van der Waals surface area contributed by atoms with Crippen LogP contribution in [0.2, 0.25) is 0 Å². The maximum absolute atomic E-state index is 13.3. The molecule has 1 N–H and O–H groups in total. The molecule has 1 aromatic carbocycles. The molecule has 0 bridgehead atoms. The van der Waals surface area contributed by atoms with E-state index in [0.29, 0.717) is 5.56 Å². The number of benzene rings is 1. The van der Waals surface area contributed by atoms with E-state index in [2.05, 4.69) is 20.6 Å². The molecular formula is C16H14F3N5O2. The lowest BCUT2D eigenvalue weighted by atomic mass is 10.2. The molecule has 1 amide bonds. The van der Waals surface area contributed by atoms with Crippen LogP contribution in [0, 0.1) is 5.82 Å². The first-order valence-electron chi connectivity index (χ1n) is 7.57. The van der Waals surface area contributed by atoms with Gasteiger partial charge in [0.05, 0.1) is 5.56 Å². The van der Waals surface area contributed by atoms with Gasteiger partial charge in [-0.3, -0.25) is 9.48 Å². The Balaban J connectivity index is 1.76. The number of carbonyl (C=O) groups excluding carboxylic acids is 1. The van der Waals surface area contributed by atoms with Gasteiger partial charge in [0.1, 0.15) is 17.6 Å². The highest BCUT2D eigenvalue weighted by Crippen LogP contribution is 2.23. The molecule has 136 valence electrons. The van der Waals surface area contributed by atoms with Gasteiger partial charge in [0, 0.05) is 18.8 Å². The molecule has 0 fully saturated rings. The molecule has 3 rings (SSSR count).